The molecule has 0 saturated carbocycles. The monoisotopic (exact) mass is 722 g/mol. The molecule has 51 heavy (non-hydrogen) atoms. The molecular formula is C45H87NO5. The number of carboxylic acid groups (broad SMARTS) is 1. The van der Waals surface area contributed by atoms with Crippen molar-refractivity contribution < 1.29 is 24.2 Å². The van der Waals surface area contributed by atoms with Crippen LogP contribution in [-0.2, 0) is 19.1 Å². The van der Waals surface area contributed by atoms with Crippen molar-refractivity contribution in [2.24, 2.45) is 0 Å². The molecular weight excluding hydrogens is 634 g/mol. The van der Waals surface area contributed by atoms with Gasteiger partial charge in [0, 0.05) is 12.8 Å². The van der Waals surface area contributed by atoms with E-state index in [9.17, 15) is 19.5 Å². The number of aliphatic carboxylic acids is 1. The topological polar surface area (TPSA) is 92.7 Å². The first-order valence-electron chi connectivity index (χ1n) is 22.6. The van der Waals surface area contributed by atoms with Crippen molar-refractivity contribution in [1.82, 2.24) is 5.32 Å². The molecule has 1 unspecified atom stereocenters. The minimum atomic E-state index is -0.957. The van der Waals surface area contributed by atoms with Gasteiger partial charge in [-0.15, -0.1) is 0 Å². The molecule has 0 fully saturated rings. The second kappa shape index (κ2) is 36.8. The van der Waals surface area contributed by atoms with Gasteiger partial charge in [-0.1, -0.05) is 195 Å². The SMILES string of the molecule is CCCCCCCCCCCC(=O)NC(CCC(=O)O)C(=O)OC(CCCCCCCC)(CCCCCCCC)CCCCCCCCCCC. The molecule has 2 N–H and O–H groups in total. The summed E-state index contributed by atoms with van der Waals surface area (Å²) < 4.78 is 6.61. The first kappa shape index (κ1) is 49.4. The maximum Gasteiger partial charge on any atom is 0.329 e. The first-order valence-corrected chi connectivity index (χ1v) is 22.6. The molecule has 0 aliphatic rings. The fourth-order valence-corrected chi connectivity index (χ4v) is 7.40. The molecule has 0 radical (unpaired) electrons. The van der Waals surface area contributed by atoms with E-state index in [0.29, 0.717) is 6.42 Å². The Labute approximate surface area is 317 Å². The Balaban J connectivity index is 5.56. The van der Waals surface area contributed by atoms with Gasteiger partial charge in [-0.2, -0.15) is 0 Å². The quantitative estimate of drug-likeness (QED) is 0.0485. The summed E-state index contributed by atoms with van der Waals surface area (Å²) in [5.74, 6) is -1.55. The van der Waals surface area contributed by atoms with E-state index in [2.05, 4.69) is 33.0 Å². The number of rotatable bonds is 40. The zero-order valence-electron chi connectivity index (χ0n) is 34.6. The molecule has 302 valence electrons. The van der Waals surface area contributed by atoms with E-state index in [-0.39, 0.29) is 18.7 Å². The van der Waals surface area contributed by atoms with E-state index in [1.165, 1.54) is 135 Å². The van der Waals surface area contributed by atoms with Crippen LogP contribution >= 0.6 is 0 Å². The standard InChI is InChI=1S/C45H87NO5/c1-5-9-13-17-21-23-25-27-31-35-42(47)46-41(36-37-43(48)49)44(50)51-45(38-32-28-19-15-11-7-3,39-33-29-20-16-12-8-4)40-34-30-26-24-22-18-14-10-6-2/h41H,5-40H2,1-4H3,(H,46,47)(H,48,49). The fraction of sp³-hybridized carbons (Fsp3) is 0.933. The summed E-state index contributed by atoms with van der Waals surface area (Å²) in [7, 11) is 0. The highest BCUT2D eigenvalue weighted by Crippen LogP contribution is 2.34. The molecule has 6 nitrogen and oxygen atoms in total. The van der Waals surface area contributed by atoms with Crippen LogP contribution in [0, 0.1) is 0 Å². The van der Waals surface area contributed by atoms with Crippen molar-refractivity contribution in [1.29, 1.82) is 0 Å². The number of hydrogen-bond acceptors (Lipinski definition) is 4. The number of hydrogen-bond donors (Lipinski definition) is 2. The third-order valence-corrected chi connectivity index (χ3v) is 10.8. The lowest BCUT2D eigenvalue weighted by molar-refractivity contribution is -0.167. The first-order chi connectivity index (χ1) is 24.8. The molecule has 0 spiro atoms. The van der Waals surface area contributed by atoms with E-state index in [1.54, 1.807) is 0 Å². The van der Waals surface area contributed by atoms with Gasteiger partial charge in [0.05, 0.1) is 0 Å². The van der Waals surface area contributed by atoms with Crippen LogP contribution in [0.25, 0.3) is 0 Å². The second-order valence-electron chi connectivity index (χ2n) is 15.8. The molecule has 6 heteroatoms. The van der Waals surface area contributed by atoms with Crippen LogP contribution in [0.3, 0.4) is 0 Å². The third kappa shape index (κ3) is 31.6. The van der Waals surface area contributed by atoms with Crippen LogP contribution in [0.1, 0.15) is 259 Å². The Morgan fingerprint density at radius 1 is 0.471 bits per heavy atom. The van der Waals surface area contributed by atoms with Crippen molar-refractivity contribution in [3.63, 3.8) is 0 Å². The molecule has 0 aromatic rings. The molecule has 0 aliphatic heterocycles. The van der Waals surface area contributed by atoms with Gasteiger partial charge in [-0.25, -0.2) is 4.79 Å². The Bertz CT molecular complexity index is 783. The average Bonchev–Trinajstić information content (AvgIpc) is 3.11. The molecule has 0 aromatic heterocycles. The van der Waals surface area contributed by atoms with E-state index in [1.807, 2.05) is 0 Å². The maximum absolute atomic E-state index is 14.0. The van der Waals surface area contributed by atoms with Crippen LogP contribution in [0.5, 0.6) is 0 Å². The molecule has 0 bridgehead atoms. The van der Waals surface area contributed by atoms with Gasteiger partial charge in [0.25, 0.3) is 0 Å². The number of nitrogens with one attached hydrogen (secondary N) is 1. The second-order valence-corrected chi connectivity index (χ2v) is 15.8. The Morgan fingerprint density at radius 2 is 0.784 bits per heavy atom. The van der Waals surface area contributed by atoms with Gasteiger partial charge in [0.1, 0.15) is 11.6 Å². The highest BCUT2D eigenvalue weighted by atomic mass is 16.6. The molecule has 0 heterocycles. The summed E-state index contributed by atoms with van der Waals surface area (Å²) in [6.45, 7) is 8.98. The summed E-state index contributed by atoms with van der Waals surface area (Å²) in [5.41, 5.74) is -0.545. The summed E-state index contributed by atoms with van der Waals surface area (Å²) in [5, 5.41) is 12.4. The molecule has 1 amide bonds. The number of ether oxygens (including phenoxy) is 1. The molecule has 0 aromatic carbocycles. The van der Waals surface area contributed by atoms with Crippen LogP contribution in [0.2, 0.25) is 0 Å². The molecule has 0 aliphatic carbocycles. The van der Waals surface area contributed by atoms with Crippen LogP contribution < -0.4 is 5.32 Å². The number of carbonyl (C=O) groups is 3. The lowest BCUT2D eigenvalue weighted by atomic mass is 9.84. The van der Waals surface area contributed by atoms with Gasteiger partial charge in [-0.3, -0.25) is 9.59 Å². The number of carboxylic acids is 1. The summed E-state index contributed by atoms with van der Waals surface area (Å²) in [4.78, 5) is 38.7. The van der Waals surface area contributed by atoms with Crippen molar-refractivity contribution in [2.75, 3.05) is 0 Å². The van der Waals surface area contributed by atoms with E-state index in [0.717, 1.165) is 77.0 Å². The lowest BCUT2D eigenvalue weighted by Crippen LogP contribution is -2.46. The number of esters is 1. The highest BCUT2D eigenvalue weighted by molar-refractivity contribution is 5.85. The largest absolute Gasteiger partial charge is 0.481 e. The summed E-state index contributed by atoms with van der Waals surface area (Å²) in [6, 6.07) is -0.913. The Morgan fingerprint density at radius 3 is 1.12 bits per heavy atom. The van der Waals surface area contributed by atoms with E-state index < -0.39 is 23.6 Å². The molecule has 1 atom stereocenters. The average molecular weight is 722 g/mol. The fourth-order valence-electron chi connectivity index (χ4n) is 7.40. The van der Waals surface area contributed by atoms with Crippen molar-refractivity contribution in [3.8, 4) is 0 Å². The zero-order chi connectivity index (χ0) is 37.7. The van der Waals surface area contributed by atoms with Gasteiger partial charge < -0.3 is 15.2 Å². The smallest absolute Gasteiger partial charge is 0.329 e. The zero-order valence-corrected chi connectivity index (χ0v) is 34.6. The van der Waals surface area contributed by atoms with Gasteiger partial charge in [-0.05, 0) is 51.4 Å². The van der Waals surface area contributed by atoms with Gasteiger partial charge in [0.2, 0.25) is 5.91 Å². The molecule has 0 saturated heterocycles. The minimum absolute atomic E-state index is 0.0693. The van der Waals surface area contributed by atoms with E-state index >= 15 is 0 Å². The lowest BCUT2D eigenvalue weighted by Gasteiger charge is -2.36. The van der Waals surface area contributed by atoms with Crippen molar-refractivity contribution in [3.05, 3.63) is 0 Å². The highest BCUT2D eigenvalue weighted by Gasteiger charge is 2.36. The maximum atomic E-state index is 14.0. The minimum Gasteiger partial charge on any atom is -0.481 e. The predicted molar refractivity (Wildman–Crippen MR) is 217 cm³/mol. The summed E-state index contributed by atoms with van der Waals surface area (Å²) >= 11 is 0. The normalized spacial score (nSPS) is 12.2. The number of unbranched alkanes of at least 4 members (excludes halogenated alkanes) is 26. The molecule has 0 rings (SSSR count). The van der Waals surface area contributed by atoms with Crippen molar-refractivity contribution in [2.45, 2.75) is 270 Å². The number of carbonyl (C=O) groups excluding carboxylic acids is 2. The van der Waals surface area contributed by atoms with Crippen LogP contribution in [-0.4, -0.2) is 34.6 Å². The summed E-state index contributed by atoms with van der Waals surface area (Å²) in [6.07, 6.45) is 38.9. The Kier molecular flexibility index (Phi) is 35.6. The predicted octanol–water partition coefficient (Wildman–Crippen LogP) is 14.0. The van der Waals surface area contributed by atoms with E-state index in [4.69, 9.17) is 4.74 Å². The Hall–Kier alpha value is -1.59. The number of amides is 1. The van der Waals surface area contributed by atoms with Crippen LogP contribution in [0.4, 0.5) is 0 Å². The van der Waals surface area contributed by atoms with Gasteiger partial charge in [0.15, 0.2) is 0 Å². The van der Waals surface area contributed by atoms with Crippen molar-refractivity contribution >= 4 is 17.8 Å². The van der Waals surface area contributed by atoms with Gasteiger partial charge >= 0.3 is 11.9 Å². The van der Waals surface area contributed by atoms with Crippen LogP contribution in [0.15, 0.2) is 0 Å². The third-order valence-electron chi connectivity index (χ3n) is 10.8.